The highest BCUT2D eigenvalue weighted by molar-refractivity contribution is 6.23. The minimum absolute atomic E-state index is 0.666. The maximum absolute atomic E-state index is 6.67. The molecule has 0 aliphatic carbocycles. The van der Waals surface area contributed by atoms with E-state index in [9.17, 15) is 0 Å². The van der Waals surface area contributed by atoms with E-state index in [1.807, 2.05) is 18.2 Å². The Hall–Kier alpha value is -6.58. The van der Waals surface area contributed by atoms with Crippen LogP contribution in [0.4, 0.5) is 0 Å². The molecule has 0 unspecified atom stereocenters. The van der Waals surface area contributed by atoms with Gasteiger partial charge in [-0.3, -0.25) is 0 Å². The largest absolute Gasteiger partial charge is 0.456 e. The molecule has 3 nitrogen and oxygen atoms in total. The van der Waals surface area contributed by atoms with Crippen LogP contribution in [0.15, 0.2) is 174 Å². The van der Waals surface area contributed by atoms with Crippen LogP contribution in [0.3, 0.4) is 0 Å². The first-order valence-corrected chi connectivity index (χ1v) is 16.6. The van der Waals surface area contributed by atoms with Crippen molar-refractivity contribution in [2.24, 2.45) is 0 Å². The molecular formula is C46H28N2O. The average molecular weight is 625 g/mol. The first-order chi connectivity index (χ1) is 24.3. The van der Waals surface area contributed by atoms with E-state index in [0.717, 1.165) is 60.8 Å². The van der Waals surface area contributed by atoms with E-state index in [2.05, 4.69) is 152 Å². The lowest BCUT2D eigenvalue weighted by molar-refractivity contribution is 0.669. The second kappa shape index (κ2) is 11.0. The van der Waals surface area contributed by atoms with E-state index in [4.69, 9.17) is 14.4 Å². The summed E-state index contributed by atoms with van der Waals surface area (Å²) in [6.07, 6.45) is 0. The number of para-hydroxylation sites is 1. The molecule has 49 heavy (non-hydrogen) atoms. The molecule has 8 aromatic carbocycles. The van der Waals surface area contributed by atoms with Gasteiger partial charge in [-0.25, -0.2) is 9.97 Å². The molecule has 228 valence electrons. The number of benzene rings is 8. The number of nitrogens with zero attached hydrogens (tertiary/aromatic N) is 2. The Morgan fingerprint density at radius 1 is 0.367 bits per heavy atom. The minimum atomic E-state index is 0.666. The third kappa shape index (κ3) is 4.59. The van der Waals surface area contributed by atoms with Crippen LogP contribution in [0.5, 0.6) is 0 Å². The molecule has 0 aliphatic heterocycles. The van der Waals surface area contributed by atoms with Crippen LogP contribution >= 0.6 is 0 Å². The monoisotopic (exact) mass is 624 g/mol. The van der Waals surface area contributed by atoms with Crippen molar-refractivity contribution in [1.82, 2.24) is 9.97 Å². The number of hydrogen-bond donors (Lipinski definition) is 0. The van der Waals surface area contributed by atoms with Crippen LogP contribution in [-0.4, -0.2) is 9.97 Å². The van der Waals surface area contributed by atoms with Crippen LogP contribution in [0.2, 0.25) is 0 Å². The zero-order valence-electron chi connectivity index (χ0n) is 26.5. The molecule has 0 saturated carbocycles. The number of hydrogen-bond acceptors (Lipinski definition) is 3. The van der Waals surface area contributed by atoms with Crippen molar-refractivity contribution in [3.63, 3.8) is 0 Å². The normalized spacial score (nSPS) is 11.7. The molecule has 10 rings (SSSR count). The average Bonchev–Trinajstić information content (AvgIpc) is 3.57. The minimum Gasteiger partial charge on any atom is -0.456 e. The summed E-state index contributed by atoms with van der Waals surface area (Å²) in [7, 11) is 0. The maximum Gasteiger partial charge on any atom is 0.160 e. The first kappa shape index (κ1) is 27.5. The van der Waals surface area contributed by atoms with Gasteiger partial charge in [0, 0.05) is 27.3 Å². The van der Waals surface area contributed by atoms with Gasteiger partial charge in [0.15, 0.2) is 5.82 Å². The lowest BCUT2D eigenvalue weighted by Crippen LogP contribution is -1.95. The Morgan fingerprint density at radius 3 is 1.90 bits per heavy atom. The van der Waals surface area contributed by atoms with Crippen LogP contribution in [0.25, 0.3) is 99.3 Å². The van der Waals surface area contributed by atoms with E-state index in [1.54, 1.807) is 0 Å². The van der Waals surface area contributed by atoms with Crippen molar-refractivity contribution in [2.75, 3.05) is 0 Å². The smallest absolute Gasteiger partial charge is 0.160 e. The van der Waals surface area contributed by atoms with Crippen molar-refractivity contribution < 1.29 is 4.42 Å². The summed E-state index contributed by atoms with van der Waals surface area (Å²) in [5.41, 5.74) is 10.0. The zero-order valence-corrected chi connectivity index (χ0v) is 26.5. The number of rotatable bonds is 4. The highest BCUT2D eigenvalue weighted by Crippen LogP contribution is 2.43. The molecule has 0 fully saturated rings. The Kier molecular flexibility index (Phi) is 6.18. The van der Waals surface area contributed by atoms with E-state index < -0.39 is 0 Å². The standard InChI is InChI=1S/C46H28N2O/c1-2-12-33(13-3-1)45-38-16-8-9-17-40(38)47-46(48-45)36-27-39(44-42(28-36)49-41-25-24-31-11-6-7-15-37(31)43(41)44)32-21-18-30(19-22-32)35-23-20-29-10-4-5-14-34(29)26-35/h1-28H. The molecule has 0 bridgehead atoms. The van der Waals surface area contributed by atoms with Crippen LogP contribution in [-0.2, 0) is 0 Å². The Labute approximate surface area is 282 Å². The molecule has 0 spiro atoms. The molecule has 0 atom stereocenters. The quantitative estimate of drug-likeness (QED) is 0.196. The summed E-state index contributed by atoms with van der Waals surface area (Å²) >= 11 is 0. The fraction of sp³-hybridized carbons (Fsp3) is 0. The zero-order chi connectivity index (χ0) is 32.3. The molecule has 0 aliphatic rings. The van der Waals surface area contributed by atoms with Gasteiger partial charge in [-0.2, -0.15) is 0 Å². The summed E-state index contributed by atoms with van der Waals surface area (Å²) in [5.74, 6) is 0.666. The molecule has 2 heterocycles. The summed E-state index contributed by atoms with van der Waals surface area (Å²) in [4.78, 5) is 10.3. The van der Waals surface area contributed by atoms with E-state index >= 15 is 0 Å². The predicted octanol–water partition coefficient (Wildman–Crippen LogP) is 12.5. The molecule has 0 radical (unpaired) electrons. The van der Waals surface area contributed by atoms with Crippen molar-refractivity contribution in [3.8, 4) is 44.9 Å². The summed E-state index contributed by atoms with van der Waals surface area (Å²) < 4.78 is 6.67. The van der Waals surface area contributed by atoms with E-state index in [-0.39, 0.29) is 0 Å². The fourth-order valence-electron chi connectivity index (χ4n) is 7.26. The van der Waals surface area contributed by atoms with Gasteiger partial charge in [-0.15, -0.1) is 0 Å². The lowest BCUT2D eigenvalue weighted by atomic mass is 9.93. The number of fused-ring (bicyclic) bond motifs is 7. The summed E-state index contributed by atoms with van der Waals surface area (Å²) in [5, 5.41) is 8.08. The van der Waals surface area contributed by atoms with Crippen LogP contribution in [0, 0.1) is 0 Å². The third-order valence-corrected chi connectivity index (χ3v) is 9.65. The van der Waals surface area contributed by atoms with Gasteiger partial charge in [0.1, 0.15) is 11.2 Å². The van der Waals surface area contributed by atoms with Crippen molar-refractivity contribution in [1.29, 1.82) is 0 Å². The topological polar surface area (TPSA) is 38.9 Å². The number of furan rings is 1. The number of aromatic nitrogens is 2. The van der Waals surface area contributed by atoms with Crippen molar-refractivity contribution >= 4 is 54.4 Å². The third-order valence-electron chi connectivity index (χ3n) is 9.65. The van der Waals surface area contributed by atoms with Crippen molar-refractivity contribution in [3.05, 3.63) is 170 Å². The fourth-order valence-corrected chi connectivity index (χ4v) is 7.26. The van der Waals surface area contributed by atoms with Gasteiger partial charge in [-0.1, -0.05) is 140 Å². The van der Waals surface area contributed by atoms with Gasteiger partial charge < -0.3 is 4.42 Å². The molecule has 0 saturated heterocycles. The van der Waals surface area contributed by atoms with Gasteiger partial charge in [-0.05, 0) is 74.1 Å². The lowest BCUT2D eigenvalue weighted by Gasteiger charge is -2.12. The van der Waals surface area contributed by atoms with Crippen LogP contribution < -0.4 is 0 Å². The molecular weight excluding hydrogens is 597 g/mol. The SMILES string of the molecule is c1ccc(-c2nc(-c3cc(-c4ccc(-c5ccc6ccccc6c5)cc4)c4c(c3)oc3ccc5ccccc5c34)nc3ccccc23)cc1. The van der Waals surface area contributed by atoms with Gasteiger partial charge >= 0.3 is 0 Å². The first-order valence-electron chi connectivity index (χ1n) is 16.6. The van der Waals surface area contributed by atoms with Gasteiger partial charge in [0.25, 0.3) is 0 Å². The highest BCUT2D eigenvalue weighted by Gasteiger charge is 2.19. The molecule has 2 aromatic heterocycles. The highest BCUT2D eigenvalue weighted by atomic mass is 16.3. The molecule has 0 amide bonds. The Morgan fingerprint density at radius 2 is 1.04 bits per heavy atom. The molecule has 0 N–H and O–H groups in total. The Balaban J connectivity index is 1.21. The summed E-state index contributed by atoms with van der Waals surface area (Å²) in [6.45, 7) is 0. The summed E-state index contributed by atoms with van der Waals surface area (Å²) in [6, 6.07) is 59.7. The maximum atomic E-state index is 6.67. The molecule has 3 heteroatoms. The van der Waals surface area contributed by atoms with E-state index in [0.29, 0.717) is 5.82 Å². The van der Waals surface area contributed by atoms with E-state index in [1.165, 1.54) is 32.7 Å². The van der Waals surface area contributed by atoms with Crippen molar-refractivity contribution in [2.45, 2.75) is 0 Å². The van der Waals surface area contributed by atoms with Gasteiger partial charge in [0.2, 0.25) is 0 Å². The Bertz CT molecular complexity index is 2870. The molecule has 10 aromatic rings. The van der Waals surface area contributed by atoms with Crippen LogP contribution in [0.1, 0.15) is 0 Å². The second-order valence-corrected chi connectivity index (χ2v) is 12.6. The second-order valence-electron chi connectivity index (χ2n) is 12.6. The van der Waals surface area contributed by atoms with Gasteiger partial charge in [0.05, 0.1) is 11.2 Å². The predicted molar refractivity (Wildman–Crippen MR) is 204 cm³/mol.